The number of sulfonamides is 1. The van der Waals surface area contributed by atoms with Crippen LogP contribution >= 0.6 is 23.2 Å². The number of nitrogens with two attached hydrogens (primary N) is 1. The second kappa shape index (κ2) is 11.0. The third-order valence-corrected chi connectivity index (χ3v) is 6.47. The Morgan fingerprint density at radius 1 is 0.938 bits per heavy atom. The summed E-state index contributed by atoms with van der Waals surface area (Å²) >= 11 is 12.4. The molecule has 170 valence electrons. The molecule has 0 aliphatic carbocycles. The number of nitrogens with one attached hydrogen (secondary N) is 1. The monoisotopic (exact) mass is 494 g/mol. The van der Waals surface area contributed by atoms with Crippen molar-refractivity contribution in [3.63, 3.8) is 0 Å². The van der Waals surface area contributed by atoms with Gasteiger partial charge in [0, 0.05) is 22.2 Å². The van der Waals surface area contributed by atoms with Crippen molar-refractivity contribution in [3.05, 3.63) is 87.4 Å². The highest BCUT2D eigenvalue weighted by atomic mass is 35.5. The highest BCUT2D eigenvalue weighted by Gasteiger charge is 2.10. The Bertz CT molecular complexity index is 1150. The molecule has 0 spiro atoms. The van der Waals surface area contributed by atoms with E-state index in [4.69, 9.17) is 37.8 Å². The topological polar surface area (TPSA) is 90.6 Å². The smallest absolute Gasteiger partial charge is 0.238 e. The summed E-state index contributed by atoms with van der Waals surface area (Å²) in [5.41, 5.74) is 2.78. The third kappa shape index (κ3) is 6.60. The summed E-state index contributed by atoms with van der Waals surface area (Å²) in [7, 11) is -2.08. The van der Waals surface area contributed by atoms with E-state index in [0.29, 0.717) is 28.1 Å². The predicted octanol–water partition coefficient (Wildman–Crippen LogP) is 4.56. The van der Waals surface area contributed by atoms with Crippen LogP contribution in [0.4, 0.5) is 0 Å². The normalized spacial score (nSPS) is 11.4. The molecule has 0 radical (unpaired) electrons. The molecule has 6 nitrogen and oxygen atoms in total. The average molecular weight is 495 g/mol. The molecule has 0 atom stereocenters. The summed E-state index contributed by atoms with van der Waals surface area (Å²) in [4.78, 5) is 0.111. The van der Waals surface area contributed by atoms with Crippen molar-refractivity contribution in [2.24, 2.45) is 5.14 Å². The van der Waals surface area contributed by atoms with Crippen LogP contribution in [0.25, 0.3) is 0 Å². The van der Waals surface area contributed by atoms with Crippen molar-refractivity contribution in [2.75, 3.05) is 13.7 Å². The van der Waals surface area contributed by atoms with Crippen molar-refractivity contribution < 1.29 is 17.9 Å². The van der Waals surface area contributed by atoms with Crippen LogP contribution in [0.1, 0.15) is 16.7 Å². The number of methoxy groups -OCH3 is 1. The summed E-state index contributed by atoms with van der Waals surface area (Å²) in [6.07, 6.45) is 0.752. The quantitative estimate of drug-likeness (QED) is 0.403. The Hall–Kier alpha value is -2.29. The molecule has 0 saturated carbocycles. The predicted molar refractivity (Wildman–Crippen MR) is 127 cm³/mol. The van der Waals surface area contributed by atoms with E-state index in [1.807, 2.05) is 18.2 Å². The molecule has 0 heterocycles. The van der Waals surface area contributed by atoms with Gasteiger partial charge < -0.3 is 14.8 Å². The molecule has 0 aromatic heterocycles. The summed E-state index contributed by atoms with van der Waals surface area (Å²) in [6.45, 7) is 1.60. The molecule has 3 aromatic carbocycles. The van der Waals surface area contributed by atoms with E-state index in [1.54, 1.807) is 37.4 Å². The van der Waals surface area contributed by atoms with Gasteiger partial charge in [0.15, 0.2) is 11.5 Å². The van der Waals surface area contributed by atoms with E-state index in [1.165, 1.54) is 12.1 Å². The van der Waals surface area contributed by atoms with Gasteiger partial charge in [-0.05, 0) is 60.5 Å². The minimum Gasteiger partial charge on any atom is -0.493 e. The maximum absolute atomic E-state index is 11.3. The molecule has 0 unspecified atom stereocenters. The van der Waals surface area contributed by atoms with E-state index in [2.05, 4.69) is 5.32 Å². The lowest BCUT2D eigenvalue weighted by Crippen LogP contribution is -2.17. The number of benzene rings is 3. The fourth-order valence-corrected chi connectivity index (χ4v) is 4.09. The van der Waals surface area contributed by atoms with Crippen molar-refractivity contribution in [3.8, 4) is 11.5 Å². The van der Waals surface area contributed by atoms with Crippen molar-refractivity contribution >= 4 is 33.2 Å². The fourth-order valence-electron chi connectivity index (χ4n) is 3.07. The van der Waals surface area contributed by atoms with E-state index in [-0.39, 0.29) is 11.5 Å². The average Bonchev–Trinajstić information content (AvgIpc) is 2.76. The molecule has 3 N–H and O–H groups in total. The zero-order valence-corrected chi connectivity index (χ0v) is 19.8. The van der Waals surface area contributed by atoms with Crippen LogP contribution in [-0.4, -0.2) is 22.1 Å². The second-order valence-electron chi connectivity index (χ2n) is 7.09. The van der Waals surface area contributed by atoms with Crippen LogP contribution in [0, 0.1) is 0 Å². The summed E-state index contributed by atoms with van der Waals surface area (Å²) in [5.74, 6) is 1.22. The number of primary sulfonamides is 1. The van der Waals surface area contributed by atoms with Gasteiger partial charge in [0.25, 0.3) is 0 Å². The number of hydrogen-bond donors (Lipinski definition) is 2. The Kier molecular flexibility index (Phi) is 8.39. The van der Waals surface area contributed by atoms with E-state index in [9.17, 15) is 8.42 Å². The highest BCUT2D eigenvalue weighted by molar-refractivity contribution is 7.89. The lowest BCUT2D eigenvalue weighted by Gasteiger charge is -2.14. The molecule has 0 bridgehead atoms. The molecule has 3 aromatic rings. The molecular weight excluding hydrogens is 471 g/mol. The van der Waals surface area contributed by atoms with Gasteiger partial charge in [-0.1, -0.05) is 47.5 Å². The largest absolute Gasteiger partial charge is 0.493 e. The van der Waals surface area contributed by atoms with Crippen LogP contribution in [-0.2, 0) is 29.6 Å². The first-order valence-electron chi connectivity index (χ1n) is 9.83. The zero-order chi connectivity index (χ0) is 23.1. The van der Waals surface area contributed by atoms with Crippen LogP contribution < -0.4 is 19.9 Å². The lowest BCUT2D eigenvalue weighted by atomic mass is 10.1. The summed E-state index contributed by atoms with van der Waals surface area (Å²) < 4.78 is 34.0. The van der Waals surface area contributed by atoms with Gasteiger partial charge in [0.2, 0.25) is 10.0 Å². The number of halogens is 2. The maximum Gasteiger partial charge on any atom is 0.238 e. The van der Waals surface area contributed by atoms with Gasteiger partial charge in [-0.25, -0.2) is 13.6 Å². The van der Waals surface area contributed by atoms with Gasteiger partial charge in [-0.15, -0.1) is 0 Å². The minimum absolute atomic E-state index is 0.111. The molecule has 32 heavy (non-hydrogen) atoms. The maximum atomic E-state index is 11.3. The molecular formula is C23H24Cl2N2O4S. The first kappa shape index (κ1) is 24.4. The van der Waals surface area contributed by atoms with Crippen LogP contribution in [0.2, 0.25) is 10.0 Å². The molecule has 0 amide bonds. The van der Waals surface area contributed by atoms with Gasteiger partial charge in [0.1, 0.15) is 6.61 Å². The number of hydrogen-bond acceptors (Lipinski definition) is 5. The second-order valence-corrected chi connectivity index (χ2v) is 9.47. The van der Waals surface area contributed by atoms with Crippen LogP contribution in [0.5, 0.6) is 11.5 Å². The van der Waals surface area contributed by atoms with Crippen LogP contribution in [0.15, 0.2) is 65.6 Å². The summed E-state index contributed by atoms with van der Waals surface area (Å²) in [6, 6.07) is 17.6. The molecule has 0 fully saturated rings. The van der Waals surface area contributed by atoms with Crippen molar-refractivity contribution in [2.45, 2.75) is 24.5 Å². The SMILES string of the molecule is COc1cc(CNCCc2ccc(S(N)(=O)=O)cc2)ccc1OCc1c(Cl)cccc1Cl. The molecule has 0 aliphatic heterocycles. The van der Waals surface area contributed by atoms with Gasteiger partial charge in [-0.2, -0.15) is 0 Å². The molecule has 0 saturated heterocycles. The third-order valence-electron chi connectivity index (χ3n) is 4.83. The minimum atomic E-state index is -3.67. The van der Waals surface area contributed by atoms with Gasteiger partial charge >= 0.3 is 0 Å². The van der Waals surface area contributed by atoms with Gasteiger partial charge in [-0.3, -0.25) is 0 Å². The highest BCUT2D eigenvalue weighted by Crippen LogP contribution is 2.31. The fraction of sp³-hybridized carbons (Fsp3) is 0.217. The number of ether oxygens (including phenoxy) is 2. The Labute approximate surface area is 198 Å². The number of rotatable bonds is 10. The van der Waals surface area contributed by atoms with Crippen molar-refractivity contribution in [1.29, 1.82) is 0 Å². The van der Waals surface area contributed by atoms with Crippen LogP contribution in [0.3, 0.4) is 0 Å². The molecule has 9 heteroatoms. The first-order chi connectivity index (χ1) is 15.3. The summed E-state index contributed by atoms with van der Waals surface area (Å²) in [5, 5.41) is 9.59. The standard InChI is InChI=1S/C23H24Cl2N2O4S/c1-30-23-13-17(7-10-22(23)31-15-19-20(24)3-2-4-21(19)25)14-27-12-11-16-5-8-18(9-6-16)32(26,28)29/h2-10,13,27H,11-12,14-15H2,1H3,(H2,26,28,29). The first-order valence-corrected chi connectivity index (χ1v) is 12.1. The molecule has 0 aliphatic rings. The van der Waals surface area contributed by atoms with Crippen molar-refractivity contribution in [1.82, 2.24) is 5.32 Å². The lowest BCUT2D eigenvalue weighted by molar-refractivity contribution is 0.284. The van der Waals surface area contributed by atoms with Gasteiger partial charge in [0.05, 0.1) is 12.0 Å². The van der Waals surface area contributed by atoms with E-state index >= 15 is 0 Å². The Morgan fingerprint density at radius 3 is 2.22 bits per heavy atom. The van der Waals surface area contributed by atoms with E-state index < -0.39 is 10.0 Å². The van der Waals surface area contributed by atoms with E-state index in [0.717, 1.165) is 29.7 Å². The Morgan fingerprint density at radius 2 is 1.59 bits per heavy atom. The molecule has 3 rings (SSSR count). The zero-order valence-electron chi connectivity index (χ0n) is 17.5. The Balaban J connectivity index is 1.53.